The monoisotopic (exact) mass is 245 g/mol. The first-order valence-electron chi connectivity index (χ1n) is 5.06. The van der Waals surface area contributed by atoms with Crippen molar-refractivity contribution in [3.63, 3.8) is 0 Å². The molecule has 0 saturated carbocycles. The van der Waals surface area contributed by atoms with Crippen molar-refractivity contribution in [2.24, 2.45) is 0 Å². The number of nitriles is 1. The Morgan fingerprint density at radius 3 is 3.00 bits per heavy atom. The quantitative estimate of drug-likeness (QED) is 0.862. The molecule has 0 bridgehead atoms. The predicted molar refractivity (Wildman–Crippen MR) is 67.9 cm³/mol. The molecule has 2 aromatic rings. The number of rotatable bonds is 4. The largest absolute Gasteiger partial charge is 0.364 e. The van der Waals surface area contributed by atoms with E-state index >= 15 is 0 Å². The van der Waals surface area contributed by atoms with E-state index in [-0.39, 0.29) is 0 Å². The van der Waals surface area contributed by atoms with Crippen LogP contribution in [0.4, 0.5) is 10.9 Å². The van der Waals surface area contributed by atoms with Crippen molar-refractivity contribution in [2.75, 3.05) is 17.7 Å². The van der Waals surface area contributed by atoms with Crippen LogP contribution in [0.2, 0.25) is 0 Å². The predicted octanol–water partition coefficient (Wildman–Crippen LogP) is 2.06. The normalized spacial score (nSPS) is 9.65. The van der Waals surface area contributed by atoms with E-state index in [1.165, 1.54) is 11.3 Å². The number of nitrogens with one attached hydrogen (secondary N) is 2. The summed E-state index contributed by atoms with van der Waals surface area (Å²) < 4.78 is 0. The van der Waals surface area contributed by atoms with Gasteiger partial charge >= 0.3 is 0 Å². The lowest BCUT2D eigenvalue weighted by atomic mass is 10.3. The molecule has 0 radical (unpaired) electrons. The van der Waals surface area contributed by atoms with Gasteiger partial charge in [0.2, 0.25) is 0 Å². The van der Waals surface area contributed by atoms with Crippen molar-refractivity contribution in [2.45, 2.75) is 6.54 Å². The number of hydrogen-bond donors (Lipinski definition) is 2. The summed E-state index contributed by atoms with van der Waals surface area (Å²) in [6.45, 7) is 0.558. The zero-order chi connectivity index (χ0) is 12.1. The molecular weight excluding hydrogens is 234 g/mol. The molecule has 2 rings (SSSR count). The maximum atomic E-state index is 8.96. The first-order chi connectivity index (χ1) is 8.33. The molecule has 2 N–H and O–H groups in total. The smallest absolute Gasteiger partial charge is 0.185 e. The van der Waals surface area contributed by atoms with E-state index in [1.807, 2.05) is 18.2 Å². The molecular formula is C11H11N5S. The van der Waals surface area contributed by atoms with Crippen LogP contribution in [0.5, 0.6) is 0 Å². The van der Waals surface area contributed by atoms with Gasteiger partial charge in [0.15, 0.2) is 15.8 Å². The summed E-state index contributed by atoms with van der Waals surface area (Å²) in [4.78, 5) is 9.03. The van der Waals surface area contributed by atoms with Crippen molar-refractivity contribution in [3.05, 3.63) is 35.0 Å². The van der Waals surface area contributed by atoms with Crippen LogP contribution in [-0.2, 0) is 6.54 Å². The average Bonchev–Trinajstić information content (AvgIpc) is 2.80. The van der Waals surface area contributed by atoms with Gasteiger partial charge in [0, 0.05) is 13.2 Å². The lowest BCUT2D eigenvalue weighted by molar-refractivity contribution is 1.03. The SMILES string of the molecule is CNc1nc(NCc2ccccn2)c(C#N)s1. The zero-order valence-electron chi connectivity index (χ0n) is 9.27. The summed E-state index contributed by atoms with van der Waals surface area (Å²) in [5.41, 5.74) is 0.912. The van der Waals surface area contributed by atoms with E-state index < -0.39 is 0 Å². The Morgan fingerprint density at radius 1 is 1.47 bits per heavy atom. The Kier molecular flexibility index (Phi) is 3.52. The molecule has 0 aromatic carbocycles. The van der Waals surface area contributed by atoms with E-state index in [4.69, 9.17) is 5.26 Å². The van der Waals surface area contributed by atoms with Crippen LogP contribution < -0.4 is 10.6 Å². The van der Waals surface area contributed by atoms with Crippen molar-refractivity contribution in [1.29, 1.82) is 5.26 Å². The average molecular weight is 245 g/mol. The molecule has 0 spiro atoms. The summed E-state index contributed by atoms with van der Waals surface area (Å²) in [6, 6.07) is 7.83. The highest BCUT2D eigenvalue weighted by molar-refractivity contribution is 7.16. The molecule has 86 valence electrons. The van der Waals surface area contributed by atoms with Gasteiger partial charge in [-0.2, -0.15) is 5.26 Å². The minimum Gasteiger partial charge on any atom is -0.364 e. The molecule has 17 heavy (non-hydrogen) atoms. The topological polar surface area (TPSA) is 73.6 Å². The Bertz CT molecular complexity index is 529. The molecule has 0 amide bonds. The number of aromatic nitrogens is 2. The summed E-state index contributed by atoms with van der Waals surface area (Å²) in [6.07, 6.45) is 1.74. The van der Waals surface area contributed by atoms with Gasteiger partial charge in [0.05, 0.1) is 12.2 Å². The van der Waals surface area contributed by atoms with Crippen LogP contribution in [0.15, 0.2) is 24.4 Å². The minimum absolute atomic E-state index is 0.558. The summed E-state index contributed by atoms with van der Waals surface area (Å²) in [7, 11) is 1.78. The highest BCUT2D eigenvalue weighted by Gasteiger charge is 2.09. The molecule has 6 heteroatoms. The first kappa shape index (κ1) is 11.4. The fourth-order valence-electron chi connectivity index (χ4n) is 1.30. The third kappa shape index (κ3) is 2.71. The van der Waals surface area contributed by atoms with Crippen LogP contribution in [0.3, 0.4) is 0 Å². The maximum Gasteiger partial charge on any atom is 0.185 e. The fourth-order valence-corrected chi connectivity index (χ4v) is 1.99. The third-order valence-electron chi connectivity index (χ3n) is 2.11. The van der Waals surface area contributed by atoms with E-state index in [0.29, 0.717) is 17.2 Å². The zero-order valence-corrected chi connectivity index (χ0v) is 10.1. The van der Waals surface area contributed by atoms with Crippen LogP contribution in [-0.4, -0.2) is 17.0 Å². The lowest BCUT2D eigenvalue weighted by Gasteiger charge is -2.02. The Labute approximate surface area is 103 Å². The lowest BCUT2D eigenvalue weighted by Crippen LogP contribution is -2.02. The molecule has 0 aliphatic rings. The molecule has 0 unspecified atom stereocenters. The molecule has 0 atom stereocenters. The van der Waals surface area contributed by atoms with E-state index in [9.17, 15) is 0 Å². The highest BCUT2D eigenvalue weighted by Crippen LogP contribution is 2.25. The van der Waals surface area contributed by atoms with Crippen molar-refractivity contribution >= 4 is 22.3 Å². The third-order valence-corrected chi connectivity index (χ3v) is 3.08. The molecule has 0 saturated heterocycles. The van der Waals surface area contributed by atoms with Gasteiger partial charge in [-0.15, -0.1) is 0 Å². The van der Waals surface area contributed by atoms with Crippen molar-refractivity contribution in [1.82, 2.24) is 9.97 Å². The van der Waals surface area contributed by atoms with Crippen LogP contribution in [0.1, 0.15) is 10.6 Å². The number of nitrogens with zero attached hydrogens (tertiary/aromatic N) is 3. The maximum absolute atomic E-state index is 8.96. The number of thiazole rings is 1. The Morgan fingerprint density at radius 2 is 2.35 bits per heavy atom. The van der Waals surface area contributed by atoms with Gasteiger partial charge in [-0.1, -0.05) is 17.4 Å². The van der Waals surface area contributed by atoms with Crippen molar-refractivity contribution < 1.29 is 0 Å². The molecule has 5 nitrogen and oxygen atoms in total. The second-order valence-corrected chi connectivity index (χ2v) is 4.23. The Hall–Kier alpha value is -2.13. The minimum atomic E-state index is 0.558. The molecule has 0 aliphatic heterocycles. The summed E-state index contributed by atoms with van der Waals surface area (Å²) >= 11 is 1.33. The second kappa shape index (κ2) is 5.27. The Balaban J connectivity index is 2.09. The van der Waals surface area contributed by atoms with E-state index in [1.54, 1.807) is 13.2 Å². The van der Waals surface area contributed by atoms with Gasteiger partial charge in [-0.3, -0.25) is 4.98 Å². The second-order valence-electron chi connectivity index (χ2n) is 3.23. The van der Waals surface area contributed by atoms with Crippen LogP contribution in [0.25, 0.3) is 0 Å². The van der Waals surface area contributed by atoms with Gasteiger partial charge in [0.25, 0.3) is 0 Å². The van der Waals surface area contributed by atoms with E-state index in [0.717, 1.165) is 10.8 Å². The molecule has 0 fully saturated rings. The van der Waals surface area contributed by atoms with Crippen LogP contribution in [0, 0.1) is 11.3 Å². The van der Waals surface area contributed by atoms with Gasteiger partial charge in [0.1, 0.15) is 6.07 Å². The van der Waals surface area contributed by atoms with Gasteiger partial charge in [-0.05, 0) is 12.1 Å². The van der Waals surface area contributed by atoms with E-state index in [2.05, 4.69) is 26.7 Å². The molecule has 0 aliphatic carbocycles. The number of pyridine rings is 1. The van der Waals surface area contributed by atoms with Gasteiger partial charge < -0.3 is 10.6 Å². The number of hydrogen-bond acceptors (Lipinski definition) is 6. The summed E-state index contributed by atoms with van der Waals surface area (Å²) in [5.74, 6) is 0.604. The first-order valence-corrected chi connectivity index (χ1v) is 5.87. The fraction of sp³-hybridized carbons (Fsp3) is 0.182. The van der Waals surface area contributed by atoms with Gasteiger partial charge in [-0.25, -0.2) is 4.98 Å². The van der Waals surface area contributed by atoms with Crippen LogP contribution >= 0.6 is 11.3 Å². The standard InChI is InChI=1S/C11H11N5S/c1-13-11-16-10(9(6-12)17-11)15-7-8-4-2-3-5-14-8/h2-5,15H,7H2,1H3,(H,13,16). The summed E-state index contributed by atoms with van der Waals surface area (Å²) in [5, 5.41) is 15.7. The highest BCUT2D eigenvalue weighted by atomic mass is 32.1. The molecule has 2 heterocycles. The number of anilines is 2. The molecule has 2 aromatic heterocycles. The van der Waals surface area contributed by atoms with Crippen molar-refractivity contribution in [3.8, 4) is 6.07 Å².